The molecule has 0 aromatic heterocycles. The van der Waals surface area contributed by atoms with Crippen molar-refractivity contribution >= 4 is 0 Å². The van der Waals surface area contributed by atoms with Gasteiger partial charge in [-0.2, -0.15) is 0 Å². The van der Waals surface area contributed by atoms with E-state index < -0.39 is 36.8 Å². The fourth-order valence-electron chi connectivity index (χ4n) is 0.594. The minimum atomic E-state index is -3.08. The van der Waals surface area contributed by atoms with Crippen LogP contribution in [0.2, 0.25) is 0 Å². The molecular weight excluding hydrogens is 108 g/mol. The Labute approximate surface area is 71.3 Å². The molecule has 0 saturated heterocycles. The lowest BCUT2D eigenvalue weighted by atomic mass is 9.80. The highest BCUT2D eigenvalue weighted by Crippen LogP contribution is 2.38. The summed E-state index contributed by atoms with van der Waals surface area (Å²) in [7, 11) is 0. The number of hydrogen-bond acceptors (Lipinski definition) is 0. The summed E-state index contributed by atoms with van der Waals surface area (Å²) < 4.78 is 70.1. The van der Waals surface area contributed by atoms with Crippen molar-refractivity contribution in [3.8, 4) is 0 Å². The van der Waals surface area contributed by atoms with E-state index in [0.717, 1.165) is 0 Å². The normalized spacial score (nSPS) is 63.7. The smallest absolute Gasteiger partial charge is 0.0308 e. The highest BCUT2D eigenvalue weighted by atomic mass is 14.3. The molecule has 0 amide bonds. The highest BCUT2D eigenvalue weighted by Gasteiger charge is 2.26. The average molecular weight is 135 g/mol. The summed E-state index contributed by atoms with van der Waals surface area (Å²) in [5.41, 5.74) is -1.27. The molecule has 0 heteroatoms. The molecule has 54 valence electrons. The maximum Gasteiger partial charge on any atom is 0.0308 e. The van der Waals surface area contributed by atoms with Gasteiger partial charge in [0.05, 0.1) is 0 Å². The van der Waals surface area contributed by atoms with E-state index in [4.69, 9.17) is 12.3 Å². The quantitative estimate of drug-likeness (QED) is 0.478. The zero-order valence-electron chi connectivity index (χ0n) is 15.0. The zero-order valence-corrected chi connectivity index (χ0v) is 6.00. The van der Waals surface area contributed by atoms with E-state index >= 15 is 0 Å². The molecule has 1 aliphatic carbocycles. The molecule has 0 unspecified atom stereocenters. The van der Waals surface area contributed by atoms with Crippen molar-refractivity contribution < 1.29 is 12.3 Å². The summed E-state index contributed by atoms with van der Waals surface area (Å²) in [5.74, 6) is -2.54. The van der Waals surface area contributed by atoms with Crippen molar-refractivity contribution in [2.24, 2.45) is 11.3 Å². The molecule has 0 heterocycles. The summed E-state index contributed by atoms with van der Waals surface area (Å²) >= 11 is 0. The lowest BCUT2D eigenvalue weighted by Crippen LogP contribution is -2.16. The maximum absolute atomic E-state index is 8.22. The first kappa shape index (κ1) is 1.78. The monoisotopic (exact) mass is 135 g/mol. The third-order valence-corrected chi connectivity index (χ3v) is 1.19. The first-order valence-electron chi connectivity index (χ1n) is 7.50. The SMILES string of the molecule is [2H]C1([2H])C([2H])([2H])C([2H])([2H])C([2H])(C(C)(C)C)C1([2H])[2H]. The minimum absolute atomic E-state index is 1.27. The van der Waals surface area contributed by atoms with Crippen LogP contribution in [0.3, 0.4) is 0 Å². The van der Waals surface area contributed by atoms with Crippen LogP contribution in [-0.2, 0) is 0 Å². The summed E-state index contributed by atoms with van der Waals surface area (Å²) in [6.45, 7) is 4.27. The molecule has 0 aromatic rings. The van der Waals surface area contributed by atoms with E-state index in [9.17, 15) is 0 Å². The molecule has 0 aromatic carbocycles. The average Bonchev–Trinajstić information content (AvgIpc) is 2.16. The third kappa shape index (κ3) is 1.70. The third-order valence-electron chi connectivity index (χ3n) is 1.19. The van der Waals surface area contributed by atoms with Crippen molar-refractivity contribution in [3.63, 3.8) is 0 Å². The van der Waals surface area contributed by atoms with Gasteiger partial charge in [0.25, 0.3) is 0 Å². The van der Waals surface area contributed by atoms with Gasteiger partial charge in [-0.25, -0.2) is 0 Å². The Kier molecular flexibility index (Phi) is 0.458. The topological polar surface area (TPSA) is 0 Å². The van der Waals surface area contributed by atoms with Gasteiger partial charge in [-0.15, -0.1) is 0 Å². The van der Waals surface area contributed by atoms with Crippen molar-refractivity contribution in [2.45, 2.75) is 46.3 Å². The van der Waals surface area contributed by atoms with Gasteiger partial charge in [0.15, 0.2) is 0 Å². The van der Waals surface area contributed by atoms with Gasteiger partial charge in [-0.05, 0) is 24.1 Å². The molecule has 1 rings (SSSR count). The summed E-state index contributed by atoms with van der Waals surface area (Å²) in [6.07, 6.45) is -12.1. The van der Waals surface area contributed by atoms with E-state index in [-0.39, 0.29) is 0 Å². The predicted octanol–water partition coefficient (Wildman–Crippen LogP) is 3.22. The first-order chi connectivity index (χ1) is 7.50. The summed E-state index contributed by atoms with van der Waals surface area (Å²) in [6, 6.07) is 0. The van der Waals surface area contributed by atoms with Crippen LogP contribution in [0.1, 0.15) is 58.6 Å². The largest absolute Gasteiger partial charge is 0.0599 e. The second kappa shape index (κ2) is 2.32. The highest BCUT2D eigenvalue weighted by molar-refractivity contribution is 4.78. The minimum Gasteiger partial charge on any atom is -0.0599 e. The Hall–Kier alpha value is 0. The number of rotatable bonds is 0. The summed E-state index contributed by atoms with van der Waals surface area (Å²) in [5, 5.41) is 0. The Morgan fingerprint density at radius 2 is 1.78 bits per heavy atom. The molecule has 0 aliphatic heterocycles. The summed E-state index contributed by atoms with van der Waals surface area (Å²) in [4.78, 5) is 0. The lowest BCUT2D eigenvalue weighted by Gasteiger charge is -2.26. The molecule has 0 nitrogen and oxygen atoms in total. The van der Waals surface area contributed by atoms with Crippen LogP contribution < -0.4 is 0 Å². The van der Waals surface area contributed by atoms with Gasteiger partial charge in [-0.1, -0.05) is 33.5 Å². The Morgan fingerprint density at radius 1 is 1.33 bits per heavy atom. The van der Waals surface area contributed by atoms with Crippen LogP contribution in [0, 0.1) is 11.3 Å². The molecule has 1 aliphatic rings. The maximum atomic E-state index is 8.22. The van der Waals surface area contributed by atoms with E-state index in [2.05, 4.69) is 0 Å². The van der Waals surface area contributed by atoms with Crippen LogP contribution in [0.15, 0.2) is 0 Å². The Balaban J connectivity index is 3.75. The van der Waals surface area contributed by atoms with E-state index in [0.29, 0.717) is 0 Å². The van der Waals surface area contributed by atoms with Gasteiger partial charge >= 0.3 is 0 Å². The van der Waals surface area contributed by atoms with E-state index in [1.807, 2.05) is 0 Å². The first-order valence-corrected chi connectivity index (χ1v) is 3.00. The number of hydrogen-bond donors (Lipinski definition) is 0. The van der Waals surface area contributed by atoms with Crippen LogP contribution in [0.25, 0.3) is 0 Å². The molecule has 1 saturated carbocycles. The van der Waals surface area contributed by atoms with Gasteiger partial charge < -0.3 is 0 Å². The second-order valence-electron chi connectivity index (χ2n) is 3.12. The van der Waals surface area contributed by atoms with E-state index in [1.165, 1.54) is 20.8 Å². The predicted molar refractivity (Wildman–Crippen MR) is 41.4 cm³/mol. The molecule has 0 N–H and O–H groups in total. The molecule has 0 spiro atoms. The van der Waals surface area contributed by atoms with Crippen molar-refractivity contribution in [1.29, 1.82) is 0 Å². The van der Waals surface area contributed by atoms with Gasteiger partial charge in [0.2, 0.25) is 0 Å². The fourth-order valence-corrected chi connectivity index (χ4v) is 0.594. The molecule has 9 heavy (non-hydrogen) atoms. The fraction of sp³-hybridized carbons (Fsp3) is 1.00. The molecule has 0 radical (unpaired) electrons. The van der Waals surface area contributed by atoms with E-state index in [1.54, 1.807) is 0 Å². The van der Waals surface area contributed by atoms with Crippen molar-refractivity contribution in [3.05, 3.63) is 0 Å². The Bertz CT molecular complexity index is 337. The van der Waals surface area contributed by atoms with Gasteiger partial charge in [0, 0.05) is 12.3 Å². The molecule has 0 atom stereocenters. The van der Waals surface area contributed by atoms with Crippen molar-refractivity contribution in [1.82, 2.24) is 0 Å². The lowest BCUT2D eigenvalue weighted by molar-refractivity contribution is 0.246. The molecule has 0 bridgehead atoms. The van der Waals surface area contributed by atoms with Gasteiger partial charge in [-0.3, -0.25) is 0 Å². The molecular formula is C9H18. The van der Waals surface area contributed by atoms with Crippen LogP contribution >= 0.6 is 0 Å². The second-order valence-corrected chi connectivity index (χ2v) is 3.12. The zero-order chi connectivity index (χ0) is 15.0. The van der Waals surface area contributed by atoms with Crippen LogP contribution in [0.4, 0.5) is 0 Å². The molecule has 1 fully saturated rings. The van der Waals surface area contributed by atoms with Crippen LogP contribution in [0.5, 0.6) is 0 Å². The standard InChI is InChI=1S/C9H18/c1-9(2,3)8-6-4-5-7-8/h8H,4-7H2,1-3H3/i4D2,5D2,6D2,7D2,8D. The van der Waals surface area contributed by atoms with Crippen molar-refractivity contribution in [2.75, 3.05) is 0 Å². The Morgan fingerprint density at radius 3 is 2.00 bits per heavy atom. The van der Waals surface area contributed by atoms with Crippen LogP contribution in [-0.4, -0.2) is 0 Å². The van der Waals surface area contributed by atoms with Gasteiger partial charge in [0.1, 0.15) is 0 Å².